The van der Waals surface area contributed by atoms with Crippen LogP contribution in [0.3, 0.4) is 0 Å². The number of carbonyl (C=O) groups is 2. The van der Waals surface area contributed by atoms with E-state index in [9.17, 15) is 9.59 Å². The van der Waals surface area contributed by atoms with E-state index in [-0.39, 0.29) is 29.3 Å². The van der Waals surface area contributed by atoms with Gasteiger partial charge in [0.2, 0.25) is 0 Å². The van der Waals surface area contributed by atoms with Gasteiger partial charge in [-0.15, -0.1) is 6.58 Å². The van der Waals surface area contributed by atoms with Crippen molar-refractivity contribution in [3.05, 3.63) is 74.1 Å². The number of thioether (sulfide) groups is 1. The van der Waals surface area contributed by atoms with Crippen LogP contribution in [-0.2, 0) is 11.4 Å². The van der Waals surface area contributed by atoms with Crippen molar-refractivity contribution in [2.45, 2.75) is 6.61 Å². The first-order valence-corrected chi connectivity index (χ1v) is 10.6. The summed E-state index contributed by atoms with van der Waals surface area (Å²) in [6.45, 7) is 3.87. The van der Waals surface area contributed by atoms with Gasteiger partial charge in [-0.1, -0.05) is 46.9 Å². The van der Waals surface area contributed by atoms with Crippen LogP contribution >= 0.6 is 46.6 Å². The van der Waals surface area contributed by atoms with Crippen LogP contribution < -0.4 is 9.47 Å². The van der Waals surface area contributed by atoms with Gasteiger partial charge >= 0.3 is 0 Å². The lowest BCUT2D eigenvalue weighted by molar-refractivity contribution is -0.122. The average Bonchev–Trinajstić information content (AvgIpc) is 2.95. The second kappa shape index (κ2) is 9.79. The van der Waals surface area contributed by atoms with Gasteiger partial charge in [-0.05, 0) is 47.7 Å². The molecule has 1 saturated heterocycles. The van der Waals surface area contributed by atoms with E-state index >= 15 is 0 Å². The molecule has 30 heavy (non-hydrogen) atoms. The second-order valence-electron chi connectivity index (χ2n) is 6.14. The third-order valence-electron chi connectivity index (χ3n) is 4.12. The Hall–Kier alpha value is -2.12. The highest BCUT2D eigenvalue weighted by molar-refractivity contribution is 8.18. The first-order valence-electron chi connectivity index (χ1n) is 8.64. The lowest BCUT2D eigenvalue weighted by Crippen LogP contribution is -2.27. The average molecular weight is 485 g/mol. The number of halogens is 3. The summed E-state index contributed by atoms with van der Waals surface area (Å²) in [5.41, 5.74) is 1.33. The van der Waals surface area contributed by atoms with Crippen molar-refractivity contribution in [2.24, 2.45) is 0 Å². The summed E-state index contributed by atoms with van der Waals surface area (Å²) in [6, 6.07) is 8.41. The number of nitrogens with zero attached hydrogens (tertiary/aromatic N) is 1. The van der Waals surface area contributed by atoms with Crippen molar-refractivity contribution < 1.29 is 19.1 Å². The lowest BCUT2D eigenvalue weighted by Gasteiger charge is -2.14. The quantitative estimate of drug-likeness (QED) is 0.333. The van der Waals surface area contributed by atoms with Gasteiger partial charge in [0.1, 0.15) is 6.61 Å². The molecule has 0 unspecified atom stereocenters. The molecule has 9 heteroatoms. The summed E-state index contributed by atoms with van der Waals surface area (Å²) in [4.78, 5) is 25.8. The Morgan fingerprint density at radius 1 is 1.13 bits per heavy atom. The van der Waals surface area contributed by atoms with Gasteiger partial charge in [-0.25, -0.2) is 0 Å². The van der Waals surface area contributed by atoms with Crippen LogP contribution in [-0.4, -0.2) is 29.7 Å². The molecule has 0 radical (unpaired) electrons. The highest BCUT2D eigenvalue weighted by Crippen LogP contribution is 2.39. The third kappa shape index (κ3) is 4.95. The topological polar surface area (TPSA) is 55.8 Å². The summed E-state index contributed by atoms with van der Waals surface area (Å²) in [5, 5.41) is 0.950. The molecule has 5 nitrogen and oxygen atoms in total. The molecule has 3 rings (SSSR count). The molecule has 2 amide bonds. The molecule has 2 aromatic carbocycles. The van der Waals surface area contributed by atoms with Gasteiger partial charge in [0.05, 0.1) is 17.0 Å². The van der Waals surface area contributed by atoms with Gasteiger partial charge in [-0.2, -0.15) is 0 Å². The van der Waals surface area contributed by atoms with Crippen LogP contribution in [0.5, 0.6) is 11.5 Å². The molecular formula is C21H16Cl3NO4S. The molecular weight excluding hydrogens is 469 g/mol. The molecule has 0 saturated carbocycles. The molecule has 0 spiro atoms. The van der Waals surface area contributed by atoms with E-state index in [1.807, 2.05) is 0 Å². The van der Waals surface area contributed by atoms with Crippen LogP contribution in [0.4, 0.5) is 4.79 Å². The fraction of sp³-hybridized carbons (Fsp3) is 0.143. The monoisotopic (exact) mass is 483 g/mol. The Balaban J connectivity index is 1.84. The summed E-state index contributed by atoms with van der Waals surface area (Å²) >= 11 is 19.4. The molecule has 0 aromatic heterocycles. The van der Waals surface area contributed by atoms with E-state index in [0.717, 1.165) is 22.2 Å². The summed E-state index contributed by atoms with van der Waals surface area (Å²) < 4.78 is 11.2. The minimum absolute atomic E-state index is 0.159. The minimum atomic E-state index is -0.377. The van der Waals surface area contributed by atoms with E-state index in [2.05, 4.69) is 6.58 Å². The normalized spacial score (nSPS) is 15.1. The number of benzene rings is 2. The van der Waals surface area contributed by atoms with Crippen molar-refractivity contribution in [2.75, 3.05) is 13.7 Å². The van der Waals surface area contributed by atoms with Crippen molar-refractivity contribution in [3.63, 3.8) is 0 Å². The highest BCUT2D eigenvalue weighted by Gasteiger charge is 2.34. The molecule has 1 aliphatic rings. The van der Waals surface area contributed by atoms with Crippen LogP contribution in [0.25, 0.3) is 6.08 Å². The van der Waals surface area contributed by atoms with Crippen LogP contribution in [0.2, 0.25) is 15.1 Å². The predicted octanol–water partition coefficient (Wildman–Crippen LogP) is 6.46. The van der Waals surface area contributed by atoms with E-state index in [0.29, 0.717) is 32.0 Å². The van der Waals surface area contributed by atoms with E-state index in [4.69, 9.17) is 44.3 Å². The van der Waals surface area contributed by atoms with Crippen molar-refractivity contribution in [1.29, 1.82) is 0 Å². The number of amides is 2. The first kappa shape index (κ1) is 22.6. The number of rotatable bonds is 7. The maximum atomic E-state index is 12.4. The molecule has 156 valence electrons. The maximum Gasteiger partial charge on any atom is 0.293 e. The third-order valence-corrected chi connectivity index (χ3v) is 5.90. The molecule has 1 heterocycles. The standard InChI is InChI=1S/C21H16Cl3NO4S/c1-3-6-25-20(26)18(30-21(25)27)9-12-7-16(24)19(17(8-12)28-2)29-11-13-4-5-14(22)10-15(13)23/h3-5,7-10H,1,6,11H2,2H3/b18-9+. The van der Waals surface area contributed by atoms with E-state index < -0.39 is 0 Å². The number of ether oxygens (including phenoxy) is 2. The van der Waals surface area contributed by atoms with Gasteiger partial charge < -0.3 is 9.47 Å². The van der Waals surface area contributed by atoms with E-state index in [1.165, 1.54) is 13.2 Å². The molecule has 0 atom stereocenters. The Labute approximate surface area is 193 Å². The highest BCUT2D eigenvalue weighted by atomic mass is 35.5. The zero-order chi connectivity index (χ0) is 21.8. The summed E-state index contributed by atoms with van der Waals surface area (Å²) in [7, 11) is 1.48. The Morgan fingerprint density at radius 3 is 2.57 bits per heavy atom. The lowest BCUT2D eigenvalue weighted by atomic mass is 10.1. The summed E-state index contributed by atoms with van der Waals surface area (Å²) in [6.07, 6.45) is 3.08. The van der Waals surface area contributed by atoms with E-state index in [1.54, 1.807) is 36.4 Å². The number of methoxy groups -OCH3 is 1. The van der Waals surface area contributed by atoms with Crippen molar-refractivity contribution in [3.8, 4) is 11.5 Å². The summed E-state index contributed by atoms with van der Waals surface area (Å²) in [5.74, 6) is 0.337. The van der Waals surface area contributed by atoms with Gasteiger partial charge in [-0.3, -0.25) is 14.5 Å². The van der Waals surface area contributed by atoms with Gasteiger partial charge in [0, 0.05) is 22.2 Å². The van der Waals surface area contributed by atoms with Crippen LogP contribution in [0.15, 0.2) is 47.9 Å². The Morgan fingerprint density at radius 2 is 1.90 bits per heavy atom. The number of imide groups is 1. The zero-order valence-electron chi connectivity index (χ0n) is 15.8. The maximum absolute atomic E-state index is 12.4. The SMILES string of the molecule is C=CCN1C(=O)S/C(=C/c2cc(Cl)c(OCc3ccc(Cl)cc3Cl)c(OC)c2)C1=O. The van der Waals surface area contributed by atoms with Crippen molar-refractivity contribution >= 4 is 63.8 Å². The zero-order valence-corrected chi connectivity index (χ0v) is 18.9. The minimum Gasteiger partial charge on any atom is -0.493 e. The molecule has 0 aliphatic carbocycles. The Bertz CT molecular complexity index is 1050. The molecule has 1 fully saturated rings. The molecule has 1 aliphatic heterocycles. The largest absolute Gasteiger partial charge is 0.493 e. The number of carbonyl (C=O) groups excluding carboxylic acids is 2. The number of hydrogen-bond acceptors (Lipinski definition) is 5. The van der Waals surface area contributed by atoms with Gasteiger partial charge in [0.15, 0.2) is 11.5 Å². The first-order chi connectivity index (χ1) is 14.3. The predicted molar refractivity (Wildman–Crippen MR) is 122 cm³/mol. The molecule has 2 aromatic rings. The molecule has 0 N–H and O–H groups in total. The smallest absolute Gasteiger partial charge is 0.293 e. The molecule has 0 bridgehead atoms. The van der Waals surface area contributed by atoms with Crippen LogP contribution in [0.1, 0.15) is 11.1 Å². The van der Waals surface area contributed by atoms with Crippen LogP contribution in [0, 0.1) is 0 Å². The van der Waals surface area contributed by atoms with Crippen molar-refractivity contribution in [1.82, 2.24) is 4.90 Å². The second-order valence-corrected chi connectivity index (χ2v) is 8.38. The fourth-order valence-electron chi connectivity index (χ4n) is 2.69. The fourth-order valence-corrected chi connectivity index (χ4v) is 4.27. The van der Waals surface area contributed by atoms with Gasteiger partial charge in [0.25, 0.3) is 11.1 Å². The number of hydrogen-bond donors (Lipinski definition) is 0. The Kier molecular flexibility index (Phi) is 7.36.